The second-order valence-corrected chi connectivity index (χ2v) is 7.63. The number of nitrogens with one attached hydrogen (secondary N) is 1. The van der Waals surface area contributed by atoms with Gasteiger partial charge in [-0.15, -0.1) is 11.3 Å². The van der Waals surface area contributed by atoms with Crippen LogP contribution in [0.4, 0.5) is 5.69 Å². The molecule has 1 unspecified atom stereocenters. The van der Waals surface area contributed by atoms with E-state index in [-0.39, 0.29) is 11.5 Å². The van der Waals surface area contributed by atoms with Crippen LogP contribution in [-0.4, -0.2) is 22.1 Å². The van der Waals surface area contributed by atoms with E-state index in [4.69, 9.17) is 4.74 Å². The molecule has 1 atom stereocenters. The molecule has 152 valence electrons. The molecule has 4 rings (SSSR count). The molecule has 0 radical (unpaired) electrons. The van der Waals surface area contributed by atoms with Gasteiger partial charge < -0.3 is 10.1 Å². The molecule has 0 saturated heterocycles. The lowest BCUT2D eigenvalue weighted by Crippen LogP contribution is -2.31. The molecule has 4 aromatic rings. The number of nitrogens with zero attached hydrogens (tertiary/aromatic N) is 2. The maximum absolute atomic E-state index is 13.3. The molecule has 1 amide bonds. The number of hydrogen-bond donors (Lipinski definition) is 1. The number of amides is 1. The van der Waals surface area contributed by atoms with Crippen molar-refractivity contribution in [2.45, 2.75) is 19.9 Å². The third-order valence-electron chi connectivity index (χ3n) is 4.83. The second-order valence-electron chi connectivity index (χ2n) is 6.78. The molecule has 0 bridgehead atoms. The highest BCUT2D eigenvalue weighted by Crippen LogP contribution is 2.32. The fraction of sp³-hybridized carbons (Fsp3) is 0.174. The normalized spacial score (nSPS) is 11.9. The number of fused-ring (bicyclic) bond motifs is 1. The summed E-state index contributed by atoms with van der Waals surface area (Å²) in [6.45, 7) is 4.22. The molecule has 2 aromatic carbocycles. The SMILES string of the molecule is CCOc1ccc(-c2csc3ncn(C(C)C(=O)Nc4ccccc4)c(=O)c23)cc1. The highest BCUT2D eigenvalue weighted by atomic mass is 32.1. The number of ether oxygens (including phenoxy) is 1. The van der Waals surface area contributed by atoms with Crippen LogP contribution in [0.5, 0.6) is 5.75 Å². The van der Waals surface area contributed by atoms with E-state index >= 15 is 0 Å². The smallest absolute Gasteiger partial charge is 0.263 e. The first-order chi connectivity index (χ1) is 14.6. The minimum atomic E-state index is -0.706. The lowest BCUT2D eigenvalue weighted by Gasteiger charge is -2.15. The number of aromatic nitrogens is 2. The molecule has 2 heterocycles. The van der Waals surface area contributed by atoms with Crippen molar-refractivity contribution in [1.82, 2.24) is 9.55 Å². The molecule has 6 nitrogen and oxygen atoms in total. The van der Waals surface area contributed by atoms with Gasteiger partial charge in [0.2, 0.25) is 5.91 Å². The highest BCUT2D eigenvalue weighted by Gasteiger charge is 2.20. The third kappa shape index (κ3) is 3.84. The van der Waals surface area contributed by atoms with Gasteiger partial charge in [-0.25, -0.2) is 4.98 Å². The van der Waals surface area contributed by atoms with E-state index in [1.165, 1.54) is 22.2 Å². The quantitative estimate of drug-likeness (QED) is 0.491. The first kappa shape index (κ1) is 19.8. The summed E-state index contributed by atoms with van der Waals surface area (Å²) >= 11 is 1.41. The maximum atomic E-state index is 13.3. The van der Waals surface area contributed by atoms with E-state index in [9.17, 15) is 9.59 Å². The fourth-order valence-corrected chi connectivity index (χ4v) is 4.13. The number of anilines is 1. The zero-order chi connectivity index (χ0) is 21.1. The summed E-state index contributed by atoms with van der Waals surface area (Å²) in [5, 5.41) is 5.28. The monoisotopic (exact) mass is 419 g/mol. The highest BCUT2D eigenvalue weighted by molar-refractivity contribution is 7.17. The molecule has 0 aliphatic rings. The van der Waals surface area contributed by atoms with E-state index < -0.39 is 6.04 Å². The summed E-state index contributed by atoms with van der Waals surface area (Å²) in [5.41, 5.74) is 2.16. The Kier molecular flexibility index (Phi) is 5.63. The summed E-state index contributed by atoms with van der Waals surface area (Å²) in [4.78, 5) is 31.0. The summed E-state index contributed by atoms with van der Waals surface area (Å²) in [5.74, 6) is 0.504. The number of carbonyl (C=O) groups is 1. The van der Waals surface area contributed by atoms with Crippen LogP contribution < -0.4 is 15.6 Å². The van der Waals surface area contributed by atoms with Gasteiger partial charge in [-0.3, -0.25) is 14.2 Å². The van der Waals surface area contributed by atoms with Crippen LogP contribution >= 0.6 is 11.3 Å². The molecule has 2 aromatic heterocycles. The van der Waals surface area contributed by atoms with Crippen molar-refractivity contribution >= 4 is 33.1 Å². The van der Waals surface area contributed by atoms with E-state index in [0.717, 1.165) is 16.9 Å². The predicted octanol–water partition coefficient (Wildman–Crippen LogP) is 4.72. The summed E-state index contributed by atoms with van der Waals surface area (Å²) < 4.78 is 6.88. The standard InChI is InChI=1S/C23H21N3O3S/c1-3-29-18-11-9-16(10-12-18)19-13-30-22-20(19)23(28)26(14-24-22)15(2)21(27)25-17-7-5-4-6-8-17/h4-15H,3H2,1-2H3,(H,25,27). The van der Waals surface area contributed by atoms with Crippen molar-refractivity contribution in [1.29, 1.82) is 0 Å². The second kappa shape index (κ2) is 8.51. The Labute approximate surface area is 177 Å². The van der Waals surface area contributed by atoms with Crippen molar-refractivity contribution in [2.75, 3.05) is 11.9 Å². The predicted molar refractivity (Wildman–Crippen MR) is 120 cm³/mol. The molecule has 0 fully saturated rings. The summed E-state index contributed by atoms with van der Waals surface area (Å²) in [6.07, 6.45) is 1.44. The number of carbonyl (C=O) groups excluding carboxylic acids is 1. The van der Waals surface area contributed by atoms with Gasteiger partial charge in [0, 0.05) is 16.6 Å². The summed E-state index contributed by atoms with van der Waals surface area (Å²) in [6, 6.07) is 16.1. The van der Waals surface area contributed by atoms with E-state index in [1.807, 2.05) is 54.8 Å². The van der Waals surface area contributed by atoms with Crippen LogP contribution in [0.1, 0.15) is 19.9 Å². The molecule has 0 aliphatic carbocycles. The van der Waals surface area contributed by atoms with Crippen LogP contribution in [-0.2, 0) is 4.79 Å². The van der Waals surface area contributed by atoms with Gasteiger partial charge in [0.25, 0.3) is 5.56 Å². The Hall–Kier alpha value is -3.45. The number of benzene rings is 2. The van der Waals surface area contributed by atoms with E-state index in [2.05, 4.69) is 10.3 Å². The van der Waals surface area contributed by atoms with Gasteiger partial charge in [-0.1, -0.05) is 30.3 Å². The van der Waals surface area contributed by atoms with Gasteiger partial charge in [0.15, 0.2) is 0 Å². The van der Waals surface area contributed by atoms with Crippen molar-refractivity contribution < 1.29 is 9.53 Å². The zero-order valence-electron chi connectivity index (χ0n) is 16.7. The average Bonchev–Trinajstić information content (AvgIpc) is 3.20. The van der Waals surface area contributed by atoms with Crippen LogP contribution in [0, 0.1) is 0 Å². The number of thiophene rings is 1. The number of para-hydroxylation sites is 1. The topological polar surface area (TPSA) is 73.2 Å². The number of hydrogen-bond acceptors (Lipinski definition) is 5. The lowest BCUT2D eigenvalue weighted by atomic mass is 10.1. The van der Waals surface area contributed by atoms with Gasteiger partial charge in [-0.2, -0.15) is 0 Å². The largest absolute Gasteiger partial charge is 0.494 e. The number of rotatable bonds is 6. The van der Waals surface area contributed by atoms with Gasteiger partial charge in [0.05, 0.1) is 18.3 Å². The molecule has 30 heavy (non-hydrogen) atoms. The Morgan fingerprint density at radius 3 is 2.60 bits per heavy atom. The van der Waals surface area contributed by atoms with Gasteiger partial charge in [-0.05, 0) is 43.7 Å². The van der Waals surface area contributed by atoms with Crippen LogP contribution in [0.15, 0.2) is 71.1 Å². The van der Waals surface area contributed by atoms with Crippen LogP contribution in [0.3, 0.4) is 0 Å². The van der Waals surface area contributed by atoms with Crippen LogP contribution in [0.2, 0.25) is 0 Å². The molecular formula is C23H21N3O3S. The fourth-order valence-electron chi connectivity index (χ4n) is 3.23. The van der Waals surface area contributed by atoms with Crippen molar-refractivity contribution in [3.8, 4) is 16.9 Å². The van der Waals surface area contributed by atoms with Crippen molar-refractivity contribution in [3.05, 3.63) is 76.7 Å². The molecule has 7 heteroatoms. The molecule has 1 N–H and O–H groups in total. The molecular weight excluding hydrogens is 398 g/mol. The van der Waals surface area contributed by atoms with E-state index in [1.54, 1.807) is 19.1 Å². The molecule has 0 aliphatic heterocycles. The van der Waals surface area contributed by atoms with Crippen LogP contribution in [0.25, 0.3) is 21.3 Å². The van der Waals surface area contributed by atoms with Gasteiger partial charge >= 0.3 is 0 Å². The molecule has 0 saturated carbocycles. The Morgan fingerprint density at radius 1 is 1.17 bits per heavy atom. The Bertz CT molecular complexity index is 1230. The molecule has 0 spiro atoms. The zero-order valence-corrected chi connectivity index (χ0v) is 17.5. The third-order valence-corrected chi connectivity index (χ3v) is 5.72. The first-order valence-electron chi connectivity index (χ1n) is 9.66. The van der Waals surface area contributed by atoms with Crippen molar-refractivity contribution in [2.24, 2.45) is 0 Å². The first-order valence-corrected chi connectivity index (χ1v) is 10.5. The maximum Gasteiger partial charge on any atom is 0.263 e. The minimum absolute atomic E-state index is 0.235. The Morgan fingerprint density at radius 2 is 1.90 bits per heavy atom. The Balaban J connectivity index is 1.69. The summed E-state index contributed by atoms with van der Waals surface area (Å²) in [7, 11) is 0. The van der Waals surface area contributed by atoms with Crippen molar-refractivity contribution in [3.63, 3.8) is 0 Å². The lowest BCUT2D eigenvalue weighted by molar-refractivity contribution is -0.118. The minimum Gasteiger partial charge on any atom is -0.494 e. The average molecular weight is 420 g/mol. The van der Waals surface area contributed by atoms with Gasteiger partial charge in [0.1, 0.15) is 16.6 Å². The van der Waals surface area contributed by atoms with E-state index in [0.29, 0.717) is 22.5 Å².